The fraction of sp³-hybridized carbons (Fsp3) is 0.941. The van der Waals surface area contributed by atoms with Crippen LogP contribution in [0.4, 0.5) is 0 Å². The van der Waals surface area contributed by atoms with E-state index in [-0.39, 0.29) is 12.0 Å². The highest BCUT2D eigenvalue weighted by molar-refractivity contribution is 6.55. The molecule has 0 aliphatic carbocycles. The zero-order valence-corrected chi connectivity index (χ0v) is 15.7. The van der Waals surface area contributed by atoms with Gasteiger partial charge in [-0.25, -0.2) is 0 Å². The third-order valence-electron chi connectivity index (χ3n) is 3.80. The number of carbonyl (C=O) groups is 1. The maximum absolute atomic E-state index is 12.3. The Kier molecular flexibility index (Phi) is 10.5. The van der Waals surface area contributed by atoms with Crippen LogP contribution < -0.4 is 0 Å². The average Bonchev–Trinajstić information content (AvgIpc) is 2.35. The third kappa shape index (κ3) is 6.53. The van der Waals surface area contributed by atoms with Crippen molar-refractivity contribution in [2.45, 2.75) is 97.8 Å². The summed E-state index contributed by atoms with van der Waals surface area (Å²) in [5.74, 6) is 0.509. The molecular weight excluding hydrogens is 264 g/mol. The van der Waals surface area contributed by atoms with Crippen LogP contribution >= 0.6 is 0 Å². The van der Waals surface area contributed by atoms with Gasteiger partial charge in [0.1, 0.15) is 5.78 Å². The molecule has 0 amide bonds. The van der Waals surface area contributed by atoms with Crippen molar-refractivity contribution in [2.24, 2.45) is 5.92 Å². The minimum atomic E-state index is -0.854. The van der Waals surface area contributed by atoms with Gasteiger partial charge in [-0.1, -0.05) is 54.9 Å². The van der Waals surface area contributed by atoms with Gasteiger partial charge in [0, 0.05) is 12.3 Å². The number of Topliss-reactive ketones (excluding diaryl/α,β-unsaturated/α-hetero) is 1. The lowest BCUT2D eigenvalue weighted by Crippen LogP contribution is -2.38. The summed E-state index contributed by atoms with van der Waals surface area (Å²) < 4.78 is 6.52. The van der Waals surface area contributed by atoms with E-state index in [1.165, 1.54) is 0 Å². The molecule has 0 unspecified atom stereocenters. The van der Waals surface area contributed by atoms with E-state index in [1.54, 1.807) is 0 Å². The molecule has 119 valence electrons. The van der Waals surface area contributed by atoms with Gasteiger partial charge >= 0.3 is 0 Å². The van der Waals surface area contributed by atoms with Crippen molar-refractivity contribution < 1.29 is 9.22 Å². The first-order valence-electron chi connectivity index (χ1n) is 8.44. The predicted octanol–water partition coefficient (Wildman–Crippen LogP) is 5.38. The summed E-state index contributed by atoms with van der Waals surface area (Å²) in [6.07, 6.45) is 4.80. The number of rotatable bonds is 11. The smallest absolute Gasteiger partial charge is 0.217 e. The van der Waals surface area contributed by atoms with Gasteiger partial charge < -0.3 is 4.43 Å². The van der Waals surface area contributed by atoms with E-state index in [0.717, 1.165) is 25.7 Å². The molecule has 2 nitrogen and oxygen atoms in total. The first kappa shape index (κ1) is 19.8. The Morgan fingerprint density at radius 1 is 1.00 bits per heavy atom. The number of carbonyl (C=O) groups excluding carboxylic acids is 1. The summed E-state index contributed by atoms with van der Waals surface area (Å²) in [6.45, 7) is 15.4. The maximum atomic E-state index is 12.3. The van der Waals surface area contributed by atoms with Crippen molar-refractivity contribution in [3.63, 3.8) is 0 Å². The van der Waals surface area contributed by atoms with Gasteiger partial charge in [-0.2, -0.15) is 0 Å². The van der Waals surface area contributed by atoms with Crippen LogP contribution in [0, 0.1) is 5.92 Å². The fourth-order valence-electron chi connectivity index (χ4n) is 2.87. The Hall–Kier alpha value is -0.153. The van der Waals surface area contributed by atoms with E-state index in [4.69, 9.17) is 4.43 Å². The summed E-state index contributed by atoms with van der Waals surface area (Å²) in [4.78, 5) is 12.3. The van der Waals surface area contributed by atoms with Crippen LogP contribution in [-0.2, 0) is 9.22 Å². The van der Waals surface area contributed by atoms with E-state index in [9.17, 15) is 4.79 Å². The van der Waals surface area contributed by atoms with Crippen LogP contribution in [0.3, 0.4) is 0 Å². The van der Waals surface area contributed by atoms with Crippen LogP contribution in [0.15, 0.2) is 0 Å². The molecule has 0 saturated heterocycles. The number of hydrogen-bond acceptors (Lipinski definition) is 2. The first-order valence-corrected chi connectivity index (χ1v) is 10.0. The largest absolute Gasteiger partial charge is 0.412 e. The monoisotopic (exact) mass is 299 g/mol. The molecular formula is C17H35O2Si. The molecule has 0 aliphatic heterocycles. The molecule has 3 heteroatoms. The van der Waals surface area contributed by atoms with Gasteiger partial charge in [0.05, 0.1) is 6.10 Å². The second-order valence-electron chi connectivity index (χ2n) is 6.39. The normalized spacial score (nSPS) is 15.1. The molecule has 0 rings (SSSR count). The van der Waals surface area contributed by atoms with Crippen LogP contribution in [0.2, 0.25) is 11.1 Å². The topological polar surface area (TPSA) is 26.3 Å². The lowest BCUT2D eigenvalue weighted by atomic mass is 9.90. The molecule has 1 radical (unpaired) electrons. The van der Waals surface area contributed by atoms with E-state index < -0.39 is 9.04 Å². The SMILES string of the molecule is CCCC(=O)[C@@H](CC)[C@@H](CCC)O[Si](C(C)C)C(C)C. The van der Waals surface area contributed by atoms with Crippen molar-refractivity contribution in [1.82, 2.24) is 0 Å². The standard InChI is InChI=1S/C17H35O2Si/c1-8-11-16(18)15(10-3)17(12-9-2)19-20(13(4)5)14(6)7/h13-15,17H,8-12H2,1-7H3/t15-,17-/m1/s1. The summed E-state index contributed by atoms with van der Waals surface area (Å²) in [5.41, 5.74) is 1.19. The zero-order valence-electron chi connectivity index (χ0n) is 14.7. The Morgan fingerprint density at radius 3 is 1.90 bits per heavy atom. The molecule has 0 fully saturated rings. The molecule has 0 aromatic heterocycles. The molecule has 0 heterocycles. The fourth-order valence-corrected chi connectivity index (χ4v) is 5.38. The lowest BCUT2D eigenvalue weighted by Gasteiger charge is -2.32. The first-order chi connectivity index (χ1) is 9.38. The van der Waals surface area contributed by atoms with Crippen LogP contribution in [0.1, 0.15) is 80.6 Å². The highest BCUT2D eigenvalue weighted by Crippen LogP contribution is 2.28. The molecule has 0 spiro atoms. The summed E-state index contributed by atoms with van der Waals surface area (Å²) >= 11 is 0. The van der Waals surface area contributed by atoms with Crippen molar-refractivity contribution in [1.29, 1.82) is 0 Å². The quantitative estimate of drug-likeness (QED) is 0.479. The third-order valence-corrected chi connectivity index (χ3v) is 6.65. The van der Waals surface area contributed by atoms with Crippen molar-refractivity contribution >= 4 is 14.8 Å². The van der Waals surface area contributed by atoms with Crippen molar-refractivity contribution in [3.8, 4) is 0 Å². The van der Waals surface area contributed by atoms with Gasteiger partial charge in [-0.15, -0.1) is 0 Å². The Labute approximate surface area is 128 Å². The molecule has 0 aromatic carbocycles. The van der Waals surface area contributed by atoms with E-state index in [1.807, 2.05) is 0 Å². The second-order valence-corrected chi connectivity index (χ2v) is 9.74. The highest BCUT2D eigenvalue weighted by Gasteiger charge is 2.32. The lowest BCUT2D eigenvalue weighted by molar-refractivity contribution is -0.126. The Balaban J connectivity index is 4.94. The number of ketones is 1. The molecule has 0 aliphatic rings. The van der Waals surface area contributed by atoms with E-state index >= 15 is 0 Å². The molecule has 0 saturated carbocycles. The molecule has 2 atom stereocenters. The maximum Gasteiger partial charge on any atom is 0.217 e. The second kappa shape index (κ2) is 10.6. The predicted molar refractivity (Wildman–Crippen MR) is 89.4 cm³/mol. The summed E-state index contributed by atoms with van der Waals surface area (Å²) in [7, 11) is -0.854. The average molecular weight is 300 g/mol. The number of hydrogen-bond donors (Lipinski definition) is 0. The van der Waals surface area contributed by atoms with Gasteiger partial charge in [0.15, 0.2) is 0 Å². The van der Waals surface area contributed by atoms with Gasteiger partial charge in [-0.05, 0) is 30.3 Å². The highest BCUT2D eigenvalue weighted by atomic mass is 28.3. The van der Waals surface area contributed by atoms with Crippen molar-refractivity contribution in [3.05, 3.63) is 0 Å². The molecule has 0 aromatic rings. The summed E-state index contributed by atoms with van der Waals surface area (Å²) in [5, 5.41) is 0. The van der Waals surface area contributed by atoms with E-state index in [2.05, 4.69) is 48.5 Å². The van der Waals surface area contributed by atoms with Crippen LogP contribution in [-0.4, -0.2) is 20.9 Å². The van der Waals surface area contributed by atoms with Gasteiger partial charge in [0.25, 0.3) is 0 Å². The minimum absolute atomic E-state index is 0.104. The Morgan fingerprint density at radius 2 is 1.55 bits per heavy atom. The Bertz CT molecular complexity index is 256. The zero-order chi connectivity index (χ0) is 15.7. The van der Waals surface area contributed by atoms with Crippen molar-refractivity contribution in [2.75, 3.05) is 0 Å². The molecule has 0 bridgehead atoms. The van der Waals surface area contributed by atoms with Gasteiger partial charge in [-0.3, -0.25) is 4.79 Å². The minimum Gasteiger partial charge on any atom is -0.412 e. The molecule has 0 N–H and O–H groups in total. The van der Waals surface area contributed by atoms with Crippen LogP contribution in [0.25, 0.3) is 0 Å². The molecule has 20 heavy (non-hydrogen) atoms. The summed E-state index contributed by atoms with van der Waals surface area (Å²) in [6, 6.07) is 0. The van der Waals surface area contributed by atoms with E-state index in [0.29, 0.717) is 23.3 Å². The van der Waals surface area contributed by atoms with Crippen LogP contribution in [0.5, 0.6) is 0 Å². The van der Waals surface area contributed by atoms with Gasteiger partial charge in [0.2, 0.25) is 9.04 Å².